The first-order chi connectivity index (χ1) is 12.5. The topological polar surface area (TPSA) is 105 Å². The van der Waals surface area contributed by atoms with E-state index >= 15 is 0 Å². The summed E-state index contributed by atoms with van der Waals surface area (Å²) in [5.41, 5.74) is 1.62. The van der Waals surface area contributed by atoms with Crippen LogP contribution in [0.25, 0.3) is 0 Å². The number of benzene rings is 1. The fourth-order valence-corrected chi connectivity index (χ4v) is 3.61. The minimum Gasteiger partial charge on any atom is -0.493 e. The Hall–Kier alpha value is -2.57. The summed E-state index contributed by atoms with van der Waals surface area (Å²) in [6.45, 7) is 1.15. The molecular formula is C19H24N2O5. The molecular weight excluding hydrogens is 336 g/mol. The second-order valence-electron chi connectivity index (χ2n) is 7.04. The predicted molar refractivity (Wildman–Crippen MR) is 93.7 cm³/mol. The zero-order chi connectivity index (χ0) is 18.6. The second-order valence-corrected chi connectivity index (χ2v) is 7.04. The van der Waals surface area contributed by atoms with Gasteiger partial charge in [-0.2, -0.15) is 0 Å². The van der Waals surface area contributed by atoms with Gasteiger partial charge in [-0.05, 0) is 36.5 Å². The molecule has 0 saturated carbocycles. The van der Waals surface area contributed by atoms with E-state index < -0.39 is 11.5 Å². The number of fused-ring (bicyclic) bond motifs is 1. The first-order valence-electron chi connectivity index (χ1n) is 9.00. The molecule has 2 heterocycles. The summed E-state index contributed by atoms with van der Waals surface area (Å²) in [7, 11) is 0. The molecule has 3 N–H and O–H groups in total. The highest BCUT2D eigenvalue weighted by Gasteiger charge is 2.37. The smallest absolute Gasteiger partial charge is 0.303 e. The lowest BCUT2D eigenvalue weighted by Crippen LogP contribution is -2.43. The van der Waals surface area contributed by atoms with Crippen molar-refractivity contribution in [1.82, 2.24) is 10.6 Å². The molecule has 2 amide bonds. The van der Waals surface area contributed by atoms with Gasteiger partial charge >= 0.3 is 5.97 Å². The van der Waals surface area contributed by atoms with E-state index in [1.165, 1.54) is 0 Å². The molecule has 0 bridgehead atoms. The Kier molecular flexibility index (Phi) is 5.44. The maximum Gasteiger partial charge on any atom is 0.303 e. The molecule has 3 rings (SSSR count). The van der Waals surface area contributed by atoms with Gasteiger partial charge in [-0.15, -0.1) is 0 Å². The molecule has 2 aliphatic heterocycles. The Balaban J connectivity index is 1.49. The van der Waals surface area contributed by atoms with Gasteiger partial charge in [-0.25, -0.2) is 0 Å². The largest absolute Gasteiger partial charge is 0.493 e. The highest BCUT2D eigenvalue weighted by Crippen LogP contribution is 2.30. The zero-order valence-corrected chi connectivity index (χ0v) is 14.7. The van der Waals surface area contributed by atoms with Crippen LogP contribution in [0, 0.1) is 0 Å². The molecule has 0 radical (unpaired) electrons. The molecule has 0 unspecified atom stereocenters. The number of hydrogen-bond acceptors (Lipinski definition) is 4. The molecule has 1 aromatic carbocycles. The van der Waals surface area contributed by atoms with E-state index in [0.717, 1.165) is 23.3 Å². The number of hydrogen-bond donors (Lipinski definition) is 3. The van der Waals surface area contributed by atoms with Crippen molar-refractivity contribution in [2.45, 2.75) is 57.0 Å². The van der Waals surface area contributed by atoms with Gasteiger partial charge in [-0.3, -0.25) is 14.4 Å². The molecule has 26 heavy (non-hydrogen) atoms. The first kappa shape index (κ1) is 18.2. The molecule has 1 fully saturated rings. The highest BCUT2D eigenvalue weighted by molar-refractivity contribution is 5.80. The summed E-state index contributed by atoms with van der Waals surface area (Å²) in [6.07, 6.45) is 2.91. The van der Waals surface area contributed by atoms with Crippen molar-refractivity contribution < 1.29 is 24.2 Å². The van der Waals surface area contributed by atoms with E-state index in [9.17, 15) is 14.4 Å². The van der Waals surface area contributed by atoms with Gasteiger partial charge in [0.1, 0.15) is 5.75 Å². The van der Waals surface area contributed by atoms with Crippen LogP contribution in [-0.4, -0.2) is 35.0 Å². The van der Waals surface area contributed by atoms with Crippen molar-refractivity contribution in [2.24, 2.45) is 0 Å². The highest BCUT2D eigenvalue weighted by atomic mass is 16.5. The average molecular weight is 360 g/mol. The summed E-state index contributed by atoms with van der Waals surface area (Å²) in [6, 6.07) is 5.92. The summed E-state index contributed by atoms with van der Waals surface area (Å²) in [4.78, 5) is 34.6. The lowest BCUT2D eigenvalue weighted by atomic mass is 9.86. The van der Waals surface area contributed by atoms with E-state index in [2.05, 4.69) is 10.6 Å². The van der Waals surface area contributed by atoms with E-state index in [0.29, 0.717) is 38.8 Å². The van der Waals surface area contributed by atoms with Crippen LogP contribution in [0.2, 0.25) is 0 Å². The molecule has 0 aliphatic carbocycles. The third kappa shape index (κ3) is 4.53. The van der Waals surface area contributed by atoms with Crippen LogP contribution in [0.15, 0.2) is 18.2 Å². The Morgan fingerprint density at radius 1 is 1.23 bits per heavy atom. The number of carbonyl (C=O) groups is 3. The molecule has 0 spiro atoms. The van der Waals surface area contributed by atoms with Gasteiger partial charge < -0.3 is 20.5 Å². The molecule has 1 atom stereocenters. The molecule has 7 heteroatoms. The summed E-state index contributed by atoms with van der Waals surface area (Å²) in [5, 5.41) is 14.7. The third-order valence-corrected chi connectivity index (χ3v) is 5.13. The second kappa shape index (κ2) is 7.76. The SMILES string of the molecule is O=C(O)CC[C@]1(CCC(=O)NCc2ccc3c(c2)CCO3)CCC(=O)N1. The molecule has 1 saturated heterocycles. The van der Waals surface area contributed by atoms with Crippen LogP contribution < -0.4 is 15.4 Å². The summed E-state index contributed by atoms with van der Waals surface area (Å²) >= 11 is 0. The average Bonchev–Trinajstić information content (AvgIpc) is 3.23. The molecule has 2 aliphatic rings. The maximum atomic E-state index is 12.2. The number of carbonyl (C=O) groups excluding carboxylic acids is 2. The maximum absolute atomic E-state index is 12.2. The number of ether oxygens (including phenoxy) is 1. The van der Waals surface area contributed by atoms with E-state index in [-0.39, 0.29) is 24.7 Å². The van der Waals surface area contributed by atoms with Gasteiger partial charge in [0.05, 0.1) is 6.61 Å². The Morgan fingerprint density at radius 3 is 2.77 bits per heavy atom. The number of aliphatic carboxylic acids is 1. The van der Waals surface area contributed by atoms with E-state index in [1.54, 1.807) is 0 Å². The van der Waals surface area contributed by atoms with Crippen molar-refractivity contribution >= 4 is 17.8 Å². The molecule has 140 valence electrons. The number of nitrogens with one attached hydrogen (secondary N) is 2. The Labute approximate surface area is 152 Å². The van der Waals surface area contributed by atoms with Gasteiger partial charge in [0.15, 0.2) is 0 Å². The van der Waals surface area contributed by atoms with Gasteiger partial charge in [0.25, 0.3) is 0 Å². The summed E-state index contributed by atoms with van der Waals surface area (Å²) in [5.74, 6) is -0.151. The third-order valence-electron chi connectivity index (χ3n) is 5.13. The number of carboxylic acid groups (broad SMARTS) is 1. The normalized spacial score (nSPS) is 21.0. The van der Waals surface area contributed by atoms with Crippen molar-refractivity contribution in [1.29, 1.82) is 0 Å². The van der Waals surface area contributed by atoms with Gasteiger partial charge in [0.2, 0.25) is 11.8 Å². The zero-order valence-electron chi connectivity index (χ0n) is 14.7. The van der Waals surface area contributed by atoms with Crippen molar-refractivity contribution in [3.63, 3.8) is 0 Å². The van der Waals surface area contributed by atoms with Crippen molar-refractivity contribution in [3.8, 4) is 5.75 Å². The van der Waals surface area contributed by atoms with Gasteiger partial charge in [0, 0.05) is 37.8 Å². The minimum absolute atomic E-state index is 0.0148. The summed E-state index contributed by atoms with van der Waals surface area (Å²) < 4.78 is 5.47. The van der Waals surface area contributed by atoms with Crippen molar-refractivity contribution in [3.05, 3.63) is 29.3 Å². The number of carboxylic acids is 1. The lowest BCUT2D eigenvalue weighted by Gasteiger charge is -2.28. The van der Waals surface area contributed by atoms with E-state index in [1.807, 2.05) is 18.2 Å². The van der Waals surface area contributed by atoms with Crippen LogP contribution in [0.1, 0.15) is 49.7 Å². The molecule has 1 aromatic rings. The van der Waals surface area contributed by atoms with E-state index in [4.69, 9.17) is 9.84 Å². The quantitative estimate of drug-likeness (QED) is 0.652. The van der Waals surface area contributed by atoms with Crippen LogP contribution >= 0.6 is 0 Å². The van der Waals surface area contributed by atoms with Crippen LogP contribution in [0.4, 0.5) is 0 Å². The van der Waals surface area contributed by atoms with Crippen LogP contribution in [0.5, 0.6) is 5.75 Å². The van der Waals surface area contributed by atoms with Crippen LogP contribution in [0.3, 0.4) is 0 Å². The number of amides is 2. The first-order valence-corrected chi connectivity index (χ1v) is 9.00. The fourth-order valence-electron chi connectivity index (χ4n) is 3.61. The molecule has 0 aromatic heterocycles. The monoisotopic (exact) mass is 360 g/mol. The predicted octanol–water partition coefficient (Wildman–Crippen LogP) is 1.53. The fraction of sp³-hybridized carbons (Fsp3) is 0.526. The lowest BCUT2D eigenvalue weighted by molar-refractivity contribution is -0.137. The molecule has 7 nitrogen and oxygen atoms in total. The number of rotatable bonds is 8. The van der Waals surface area contributed by atoms with Gasteiger partial charge in [-0.1, -0.05) is 12.1 Å². The standard InChI is InChI=1S/C19H24N2O5/c22-16(20-12-13-1-2-15-14(11-13)6-10-26-15)3-7-19(9-5-18(24)25)8-4-17(23)21-19/h1-2,11H,3-10,12H2,(H,20,22)(H,21,23)(H,24,25)/t19-/m0/s1. The Bertz CT molecular complexity index is 718. The van der Waals surface area contributed by atoms with Crippen molar-refractivity contribution in [2.75, 3.05) is 6.61 Å². The minimum atomic E-state index is -0.893. The van der Waals surface area contributed by atoms with Crippen LogP contribution in [-0.2, 0) is 27.3 Å². The Morgan fingerprint density at radius 2 is 2.04 bits per heavy atom.